The van der Waals surface area contributed by atoms with Crippen LogP contribution in [0, 0.1) is 6.92 Å². The van der Waals surface area contributed by atoms with E-state index in [0.717, 1.165) is 12.1 Å². The predicted octanol–water partition coefficient (Wildman–Crippen LogP) is 1.08. The number of aryl methyl sites for hydroxylation is 1. The quantitative estimate of drug-likeness (QED) is 0.794. The Balaban J connectivity index is 0.000000758. The highest BCUT2D eigenvalue weighted by Crippen LogP contribution is 2.14. The fourth-order valence-corrected chi connectivity index (χ4v) is 3.04. The highest BCUT2D eigenvalue weighted by molar-refractivity contribution is 5.91. The van der Waals surface area contributed by atoms with E-state index in [0.29, 0.717) is 24.2 Å². The van der Waals surface area contributed by atoms with Crippen molar-refractivity contribution in [3.63, 3.8) is 0 Å². The van der Waals surface area contributed by atoms with Gasteiger partial charge in [-0.15, -0.1) is 10.2 Å². The Morgan fingerprint density at radius 3 is 2.69 bits per heavy atom. The Morgan fingerprint density at radius 2 is 2.04 bits per heavy atom. The fourth-order valence-electron chi connectivity index (χ4n) is 3.04. The maximum atomic E-state index is 12.6. The highest BCUT2D eigenvalue weighted by atomic mass is 16.3. The van der Waals surface area contributed by atoms with Crippen LogP contribution in [0.3, 0.4) is 0 Å². The minimum absolute atomic E-state index is 0.114. The number of likely N-dealkylation sites (tertiary alicyclic amines) is 1. The summed E-state index contributed by atoms with van der Waals surface area (Å²) in [6.07, 6.45) is 5.34. The van der Waals surface area contributed by atoms with Crippen molar-refractivity contribution < 1.29 is 14.7 Å². The van der Waals surface area contributed by atoms with Crippen LogP contribution < -0.4 is 0 Å². The lowest BCUT2D eigenvalue weighted by Gasteiger charge is -2.26. The Labute approximate surface area is 152 Å². The molecule has 1 aliphatic rings. The van der Waals surface area contributed by atoms with Crippen LogP contribution in [0.15, 0.2) is 12.3 Å². The molecular weight excluding hydrogens is 336 g/mol. The average Bonchev–Trinajstić information content (AvgIpc) is 3.28. The molecule has 1 amide bonds. The molecule has 3 rings (SSSR count). The Kier molecular flexibility index (Phi) is 7.02. The van der Waals surface area contributed by atoms with Crippen LogP contribution in [-0.2, 0) is 4.79 Å². The maximum absolute atomic E-state index is 12.6. The van der Waals surface area contributed by atoms with Crippen molar-refractivity contribution in [1.82, 2.24) is 29.4 Å². The molecule has 0 aliphatic carbocycles. The van der Waals surface area contributed by atoms with Crippen molar-refractivity contribution in [3.05, 3.63) is 23.8 Å². The van der Waals surface area contributed by atoms with Crippen LogP contribution in [0.2, 0.25) is 0 Å². The molecule has 9 nitrogen and oxygen atoms in total. The Hall–Kier alpha value is -2.55. The largest absolute Gasteiger partial charge is 0.483 e. The number of fused-ring (bicyclic) bond motifs is 1. The van der Waals surface area contributed by atoms with E-state index in [4.69, 9.17) is 9.90 Å². The van der Waals surface area contributed by atoms with Gasteiger partial charge in [-0.05, 0) is 52.3 Å². The third-order valence-corrected chi connectivity index (χ3v) is 4.60. The van der Waals surface area contributed by atoms with Crippen molar-refractivity contribution in [3.8, 4) is 0 Å². The smallest absolute Gasteiger partial charge is 0.291 e. The van der Waals surface area contributed by atoms with Gasteiger partial charge >= 0.3 is 0 Å². The van der Waals surface area contributed by atoms with Gasteiger partial charge in [-0.25, -0.2) is 4.98 Å². The second-order valence-electron chi connectivity index (χ2n) is 6.48. The molecule has 142 valence electrons. The third kappa shape index (κ3) is 4.75. The number of amides is 1. The summed E-state index contributed by atoms with van der Waals surface area (Å²) in [5.74, 6) is 0.674. The molecular formula is C17H26N6O3. The lowest BCUT2D eigenvalue weighted by molar-refractivity contribution is -0.122. The number of hydrogen-bond acceptors (Lipinski definition) is 6. The normalized spacial score (nSPS) is 15.3. The first-order chi connectivity index (χ1) is 12.5. The van der Waals surface area contributed by atoms with E-state index >= 15 is 0 Å². The summed E-state index contributed by atoms with van der Waals surface area (Å²) < 4.78 is 1.65. The number of carboxylic acid groups (broad SMARTS) is 1. The molecule has 0 spiro atoms. The van der Waals surface area contributed by atoms with Gasteiger partial charge in [0.2, 0.25) is 5.82 Å². The lowest BCUT2D eigenvalue weighted by Crippen LogP contribution is -2.36. The van der Waals surface area contributed by atoms with Crippen molar-refractivity contribution in [2.45, 2.75) is 39.2 Å². The summed E-state index contributed by atoms with van der Waals surface area (Å²) in [4.78, 5) is 29.5. The van der Waals surface area contributed by atoms with Crippen molar-refractivity contribution in [1.29, 1.82) is 0 Å². The molecule has 2 aromatic rings. The number of carbonyl (C=O) groups excluding carboxylic acids is 1. The lowest BCUT2D eigenvalue weighted by atomic mass is 10.2. The molecule has 1 aliphatic heterocycles. The molecule has 26 heavy (non-hydrogen) atoms. The molecule has 3 heterocycles. The first kappa shape index (κ1) is 19.8. The van der Waals surface area contributed by atoms with Crippen LogP contribution in [0.5, 0.6) is 0 Å². The topological polar surface area (TPSA) is 104 Å². The minimum atomic E-state index is -0.250. The zero-order valence-corrected chi connectivity index (χ0v) is 15.5. The van der Waals surface area contributed by atoms with E-state index in [9.17, 15) is 4.79 Å². The zero-order chi connectivity index (χ0) is 19.1. The first-order valence-corrected chi connectivity index (χ1v) is 8.73. The molecule has 2 aromatic heterocycles. The Morgan fingerprint density at radius 1 is 1.38 bits per heavy atom. The van der Waals surface area contributed by atoms with Gasteiger partial charge in [0.05, 0.1) is 0 Å². The van der Waals surface area contributed by atoms with E-state index < -0.39 is 0 Å². The number of carbonyl (C=O) groups is 2. The van der Waals surface area contributed by atoms with Crippen LogP contribution in [0.4, 0.5) is 0 Å². The molecule has 0 aromatic carbocycles. The zero-order valence-electron chi connectivity index (χ0n) is 15.5. The molecule has 1 atom stereocenters. The monoisotopic (exact) mass is 362 g/mol. The van der Waals surface area contributed by atoms with Gasteiger partial charge in [0, 0.05) is 31.5 Å². The van der Waals surface area contributed by atoms with Gasteiger partial charge in [0.1, 0.15) is 0 Å². The van der Waals surface area contributed by atoms with E-state index in [1.54, 1.807) is 15.5 Å². The summed E-state index contributed by atoms with van der Waals surface area (Å²) >= 11 is 0. The number of nitrogens with zero attached hydrogens (tertiary/aromatic N) is 6. The summed E-state index contributed by atoms with van der Waals surface area (Å²) in [6, 6.07) is 2.36. The number of hydrogen-bond donors (Lipinski definition) is 1. The van der Waals surface area contributed by atoms with Gasteiger partial charge in [-0.2, -0.15) is 0 Å². The predicted molar refractivity (Wildman–Crippen MR) is 96.1 cm³/mol. The van der Waals surface area contributed by atoms with Crippen molar-refractivity contribution >= 4 is 18.2 Å². The second kappa shape index (κ2) is 9.23. The van der Waals surface area contributed by atoms with Crippen LogP contribution in [0.1, 0.15) is 42.5 Å². The van der Waals surface area contributed by atoms with E-state index in [1.165, 1.54) is 25.9 Å². The second-order valence-corrected chi connectivity index (χ2v) is 6.48. The van der Waals surface area contributed by atoms with Crippen LogP contribution in [0.25, 0.3) is 5.78 Å². The average molecular weight is 362 g/mol. The molecule has 0 radical (unpaired) electrons. The molecule has 1 unspecified atom stereocenters. The van der Waals surface area contributed by atoms with Gasteiger partial charge in [0.15, 0.2) is 0 Å². The van der Waals surface area contributed by atoms with Gasteiger partial charge in [-0.3, -0.25) is 14.0 Å². The molecule has 9 heteroatoms. The maximum Gasteiger partial charge on any atom is 0.291 e. The molecule has 0 bridgehead atoms. The van der Waals surface area contributed by atoms with E-state index in [1.807, 2.05) is 20.0 Å². The molecule has 0 saturated carbocycles. The molecule has 1 N–H and O–H groups in total. The van der Waals surface area contributed by atoms with E-state index in [-0.39, 0.29) is 12.4 Å². The Bertz CT molecular complexity index is 741. The van der Waals surface area contributed by atoms with Crippen LogP contribution in [-0.4, -0.2) is 79.6 Å². The van der Waals surface area contributed by atoms with Crippen molar-refractivity contribution in [2.75, 3.05) is 26.7 Å². The highest BCUT2D eigenvalue weighted by Gasteiger charge is 2.22. The summed E-state index contributed by atoms with van der Waals surface area (Å²) in [6.45, 7) is 6.95. The summed E-state index contributed by atoms with van der Waals surface area (Å²) in [5.41, 5.74) is 0.858. The standard InChI is InChI=1S/C16H24N6O.CH2O2/c1-12-6-11-22-14(18-19-16(22)17-12)15(23)20(3)10-7-13(2)21-8-4-5-9-21;2-1-3/h6,11,13H,4-5,7-10H2,1-3H3;1H,(H,2,3). The first-order valence-electron chi connectivity index (χ1n) is 8.73. The third-order valence-electron chi connectivity index (χ3n) is 4.60. The van der Waals surface area contributed by atoms with Gasteiger partial charge in [0.25, 0.3) is 18.2 Å². The molecule has 1 saturated heterocycles. The van der Waals surface area contributed by atoms with Gasteiger partial charge < -0.3 is 14.9 Å². The van der Waals surface area contributed by atoms with Crippen LogP contribution >= 0.6 is 0 Å². The molecule has 1 fully saturated rings. The SMILES string of the molecule is Cc1ccn2c(C(=O)N(C)CCC(C)N3CCCC3)nnc2n1.O=CO. The number of aromatic nitrogens is 4. The minimum Gasteiger partial charge on any atom is -0.483 e. The number of rotatable bonds is 5. The fraction of sp³-hybridized carbons (Fsp3) is 0.588. The summed E-state index contributed by atoms with van der Waals surface area (Å²) in [7, 11) is 1.82. The van der Waals surface area contributed by atoms with Crippen molar-refractivity contribution in [2.24, 2.45) is 0 Å². The summed E-state index contributed by atoms with van der Waals surface area (Å²) in [5, 5.41) is 14.9. The van der Waals surface area contributed by atoms with Gasteiger partial charge in [-0.1, -0.05) is 0 Å². The van der Waals surface area contributed by atoms with E-state index in [2.05, 4.69) is 27.0 Å².